The second kappa shape index (κ2) is 4.32. The standard InChI is InChI=1S/C16H11N3S/c17-9-10-8-13-12-4-1-2-6-14(12)20-19-16(13)15-11(10)5-3-7-18-15/h1-8,14,18-19H. The minimum Gasteiger partial charge on any atom is -0.359 e. The van der Waals surface area contributed by atoms with Gasteiger partial charge in [-0.1, -0.05) is 30.4 Å². The topological polar surface area (TPSA) is 47.9 Å². The fraction of sp³-hybridized carbons (Fsp3) is 0.0625. The summed E-state index contributed by atoms with van der Waals surface area (Å²) in [4.78, 5) is 0. The highest BCUT2D eigenvalue weighted by molar-refractivity contribution is 8.01. The molecule has 2 aliphatic heterocycles. The predicted octanol–water partition coefficient (Wildman–Crippen LogP) is 2.00. The van der Waals surface area contributed by atoms with E-state index in [2.05, 4.69) is 34.3 Å². The molecule has 1 unspecified atom stereocenters. The minimum atomic E-state index is 0.306. The zero-order chi connectivity index (χ0) is 13.5. The number of nitrogens with zero attached hydrogens (tertiary/aromatic N) is 1. The van der Waals surface area contributed by atoms with Crippen LogP contribution in [0.4, 0.5) is 11.4 Å². The maximum Gasteiger partial charge on any atom is 0.0999 e. The Morgan fingerprint density at radius 1 is 1.20 bits per heavy atom. The van der Waals surface area contributed by atoms with Crippen LogP contribution in [-0.4, -0.2) is 5.25 Å². The molecule has 0 radical (unpaired) electrons. The van der Waals surface area contributed by atoms with E-state index in [1.54, 1.807) is 11.9 Å². The number of nitrogens with one attached hydrogen (secondary N) is 2. The fourth-order valence-corrected chi connectivity index (χ4v) is 3.67. The van der Waals surface area contributed by atoms with Crippen LogP contribution in [0.1, 0.15) is 5.56 Å². The lowest BCUT2D eigenvalue weighted by Crippen LogP contribution is -2.30. The quantitative estimate of drug-likeness (QED) is 0.712. The fourth-order valence-electron chi connectivity index (χ4n) is 2.71. The molecule has 96 valence electrons. The van der Waals surface area contributed by atoms with Gasteiger partial charge in [0.05, 0.1) is 28.3 Å². The summed E-state index contributed by atoms with van der Waals surface area (Å²) in [6, 6.07) is 4.30. The highest BCUT2D eigenvalue weighted by Crippen LogP contribution is 2.32. The van der Waals surface area contributed by atoms with E-state index in [0.717, 1.165) is 21.8 Å². The molecule has 4 heteroatoms. The highest BCUT2D eigenvalue weighted by atomic mass is 32.2. The third-order valence-electron chi connectivity index (χ3n) is 3.65. The first-order chi connectivity index (χ1) is 9.88. The molecule has 1 atom stereocenters. The van der Waals surface area contributed by atoms with Gasteiger partial charge < -0.3 is 10.0 Å². The molecule has 0 aromatic heterocycles. The van der Waals surface area contributed by atoms with Crippen LogP contribution < -0.4 is 20.5 Å². The number of benzene rings is 1. The molecule has 2 N–H and O–H groups in total. The zero-order valence-corrected chi connectivity index (χ0v) is 11.4. The average molecular weight is 277 g/mol. The van der Waals surface area contributed by atoms with E-state index >= 15 is 0 Å². The van der Waals surface area contributed by atoms with E-state index in [4.69, 9.17) is 0 Å². The second-order valence-corrected chi connectivity index (χ2v) is 5.70. The van der Waals surface area contributed by atoms with Gasteiger partial charge in [-0.2, -0.15) is 5.26 Å². The van der Waals surface area contributed by atoms with E-state index in [-0.39, 0.29) is 0 Å². The summed E-state index contributed by atoms with van der Waals surface area (Å²) < 4.78 is 3.43. The van der Waals surface area contributed by atoms with Crippen molar-refractivity contribution in [2.24, 2.45) is 0 Å². The first kappa shape index (κ1) is 11.4. The van der Waals surface area contributed by atoms with E-state index in [1.165, 1.54) is 5.57 Å². The van der Waals surface area contributed by atoms with Crippen molar-refractivity contribution in [1.82, 2.24) is 0 Å². The maximum atomic E-state index is 9.40. The van der Waals surface area contributed by atoms with E-state index in [0.29, 0.717) is 10.8 Å². The first-order valence-corrected chi connectivity index (χ1v) is 7.28. The van der Waals surface area contributed by atoms with Crippen LogP contribution in [-0.2, 0) is 0 Å². The van der Waals surface area contributed by atoms with Crippen LogP contribution in [0, 0.1) is 11.3 Å². The number of hydrogen-bond acceptors (Lipinski definition) is 4. The molecule has 4 rings (SSSR count). The van der Waals surface area contributed by atoms with Crippen molar-refractivity contribution < 1.29 is 0 Å². The van der Waals surface area contributed by atoms with Crippen LogP contribution in [0.25, 0.3) is 11.6 Å². The summed E-state index contributed by atoms with van der Waals surface area (Å²) >= 11 is 1.69. The Bertz CT molecular complexity index is 853. The number of allylic oxidation sites excluding steroid dienone is 4. The number of anilines is 2. The largest absolute Gasteiger partial charge is 0.359 e. The van der Waals surface area contributed by atoms with Crippen LogP contribution >= 0.6 is 11.9 Å². The smallest absolute Gasteiger partial charge is 0.0999 e. The molecule has 1 aromatic carbocycles. The van der Waals surface area contributed by atoms with Gasteiger partial charge in [-0.3, -0.25) is 0 Å². The molecular weight excluding hydrogens is 266 g/mol. The molecule has 0 amide bonds. The number of hydrogen-bond donors (Lipinski definition) is 2. The summed E-state index contributed by atoms with van der Waals surface area (Å²) in [5.41, 5.74) is 4.01. The zero-order valence-electron chi connectivity index (χ0n) is 10.6. The van der Waals surface area contributed by atoms with Gasteiger partial charge in [-0.05, 0) is 29.7 Å². The minimum absolute atomic E-state index is 0.306. The molecule has 1 aromatic rings. The molecule has 0 saturated carbocycles. The Balaban J connectivity index is 2.14. The van der Waals surface area contributed by atoms with Crippen LogP contribution in [0.5, 0.6) is 0 Å². The Labute approximate surface area is 120 Å². The van der Waals surface area contributed by atoms with Gasteiger partial charge in [0.1, 0.15) is 0 Å². The normalized spacial score (nSPS) is 20.8. The summed E-state index contributed by atoms with van der Waals surface area (Å²) in [7, 11) is 0. The van der Waals surface area contributed by atoms with Gasteiger partial charge in [0.2, 0.25) is 0 Å². The van der Waals surface area contributed by atoms with Crippen molar-refractivity contribution in [2.75, 3.05) is 10.0 Å². The molecule has 0 spiro atoms. The van der Waals surface area contributed by atoms with Crippen molar-refractivity contribution in [2.45, 2.75) is 5.25 Å². The van der Waals surface area contributed by atoms with Gasteiger partial charge >= 0.3 is 0 Å². The summed E-state index contributed by atoms with van der Waals surface area (Å²) in [5, 5.41) is 15.0. The number of fused-ring (bicyclic) bond motifs is 4. The predicted molar refractivity (Wildman–Crippen MR) is 84.3 cm³/mol. The van der Waals surface area contributed by atoms with E-state index in [1.807, 2.05) is 30.5 Å². The molecule has 20 heavy (non-hydrogen) atoms. The molecule has 0 saturated heterocycles. The lowest BCUT2D eigenvalue weighted by atomic mass is 9.98. The van der Waals surface area contributed by atoms with Crippen molar-refractivity contribution in [3.63, 3.8) is 0 Å². The lowest BCUT2D eigenvalue weighted by Gasteiger charge is -2.26. The molecule has 3 nitrogen and oxygen atoms in total. The molecule has 3 aliphatic rings. The van der Waals surface area contributed by atoms with Gasteiger partial charge in [0, 0.05) is 16.6 Å². The second-order valence-electron chi connectivity index (χ2n) is 4.76. The third-order valence-corrected chi connectivity index (χ3v) is 4.64. The van der Waals surface area contributed by atoms with Gasteiger partial charge in [0.25, 0.3) is 0 Å². The van der Waals surface area contributed by atoms with E-state index < -0.39 is 0 Å². The Morgan fingerprint density at radius 2 is 2.15 bits per heavy atom. The van der Waals surface area contributed by atoms with Crippen LogP contribution in [0.2, 0.25) is 0 Å². The summed E-state index contributed by atoms with van der Waals surface area (Å²) in [6.45, 7) is 0. The molecule has 1 aliphatic carbocycles. The monoisotopic (exact) mass is 277 g/mol. The van der Waals surface area contributed by atoms with Crippen molar-refractivity contribution in [3.05, 3.63) is 58.6 Å². The van der Waals surface area contributed by atoms with Crippen LogP contribution in [0.3, 0.4) is 0 Å². The average Bonchev–Trinajstić information content (AvgIpc) is 2.53. The van der Waals surface area contributed by atoms with Crippen molar-refractivity contribution >= 4 is 35.0 Å². The maximum absolute atomic E-state index is 9.40. The van der Waals surface area contributed by atoms with Gasteiger partial charge in [-0.25, -0.2) is 0 Å². The Hall–Kier alpha value is -2.38. The Kier molecular flexibility index (Phi) is 2.48. The van der Waals surface area contributed by atoms with Crippen molar-refractivity contribution in [3.8, 4) is 6.07 Å². The van der Waals surface area contributed by atoms with Crippen molar-refractivity contribution in [1.29, 1.82) is 5.26 Å². The van der Waals surface area contributed by atoms with Crippen LogP contribution in [0.15, 0.2) is 42.6 Å². The van der Waals surface area contributed by atoms with E-state index in [9.17, 15) is 5.26 Å². The molecule has 0 bridgehead atoms. The van der Waals surface area contributed by atoms with Gasteiger partial charge in [0.15, 0.2) is 0 Å². The Morgan fingerprint density at radius 3 is 3.05 bits per heavy atom. The highest BCUT2D eigenvalue weighted by Gasteiger charge is 2.23. The lowest BCUT2D eigenvalue weighted by molar-refractivity contribution is 1.33. The van der Waals surface area contributed by atoms with Gasteiger partial charge in [-0.15, -0.1) is 0 Å². The molecule has 0 fully saturated rings. The first-order valence-electron chi connectivity index (χ1n) is 6.40. The molecule has 2 heterocycles. The molecular formula is C16H11N3S. The summed E-state index contributed by atoms with van der Waals surface area (Å²) in [6.07, 6.45) is 14.2. The number of rotatable bonds is 0. The number of nitriles is 1. The summed E-state index contributed by atoms with van der Waals surface area (Å²) in [5.74, 6) is 0. The SMILES string of the molecule is N#Cc1cc2c(c3c1=CC=CN3)NSC1C=CC=CC=21. The third kappa shape index (κ3) is 1.54.